The maximum atomic E-state index is 13.7. The summed E-state index contributed by atoms with van der Waals surface area (Å²) < 4.78 is 56.5. The fourth-order valence-corrected chi connectivity index (χ4v) is 10.8. The Morgan fingerprint density at radius 2 is 1.08 bits per heavy atom. The number of hydrogen-bond donors (Lipinski definition) is 1. The van der Waals surface area contributed by atoms with E-state index in [0.717, 1.165) is 40.2 Å². The second-order valence-corrected chi connectivity index (χ2v) is 20.9. The van der Waals surface area contributed by atoms with Gasteiger partial charge in [0, 0.05) is 32.6 Å². The molecule has 0 aromatic carbocycles. The van der Waals surface area contributed by atoms with E-state index < -0.39 is 34.2 Å². The molecule has 3 aliphatic rings. The molecule has 0 spiro atoms. The van der Waals surface area contributed by atoms with Gasteiger partial charge in [0.2, 0.25) is 0 Å². The van der Waals surface area contributed by atoms with E-state index in [1.54, 1.807) is 29.9 Å². The van der Waals surface area contributed by atoms with E-state index >= 15 is 0 Å². The molecule has 3 saturated heterocycles. The van der Waals surface area contributed by atoms with Gasteiger partial charge in [-0.2, -0.15) is 0 Å². The Balaban J connectivity index is 0.000000208. The quantitative estimate of drug-likeness (QED) is 0.133. The molecule has 1 N–H and O–H groups in total. The average Bonchev–Trinajstić information content (AvgIpc) is 4.12. The van der Waals surface area contributed by atoms with Gasteiger partial charge in [-0.25, -0.2) is 44.9 Å². The second kappa shape index (κ2) is 18.5. The van der Waals surface area contributed by atoms with E-state index in [9.17, 15) is 9.67 Å². The lowest BCUT2D eigenvalue weighted by Gasteiger charge is -2.27. The highest BCUT2D eigenvalue weighted by Gasteiger charge is 2.48. The Morgan fingerprint density at radius 3 is 1.56 bits per heavy atom. The minimum Gasteiger partial charge on any atom is -0.394 e. The fraction of sp³-hybridized carbons (Fsp3) is 0.634. The van der Waals surface area contributed by atoms with Crippen LogP contribution < -0.4 is 0 Å². The maximum Gasteiger partial charge on any atom is 0.328 e. The summed E-state index contributed by atoms with van der Waals surface area (Å²) in [6.07, 6.45) is 8.13. The summed E-state index contributed by atoms with van der Waals surface area (Å²) in [4.78, 5) is 39.2. The van der Waals surface area contributed by atoms with Crippen molar-refractivity contribution in [3.05, 3.63) is 55.0 Å². The Labute approximate surface area is 367 Å². The maximum absolute atomic E-state index is 13.7. The minimum atomic E-state index is -3.60. The van der Waals surface area contributed by atoms with Crippen LogP contribution in [0.5, 0.6) is 0 Å². The van der Waals surface area contributed by atoms with E-state index in [2.05, 4.69) is 85.9 Å². The summed E-state index contributed by atoms with van der Waals surface area (Å²) in [6.45, 7) is 21.7. The van der Waals surface area contributed by atoms with Crippen LogP contribution in [0.1, 0.15) is 76.8 Å². The van der Waals surface area contributed by atoms with Crippen LogP contribution in [0.2, 0.25) is 0 Å². The molecule has 0 radical (unpaired) electrons. The number of imidazole rings is 3. The van der Waals surface area contributed by atoms with E-state index in [-0.39, 0.29) is 61.7 Å². The van der Waals surface area contributed by atoms with Crippen LogP contribution in [0.15, 0.2) is 38.0 Å². The molecule has 0 bridgehead atoms. The van der Waals surface area contributed by atoms with E-state index in [4.69, 9.17) is 27.8 Å². The lowest BCUT2D eigenvalue weighted by Crippen LogP contribution is -2.29. The standard InChI is InChI=1S/C26H35N8O6P.C15H23N4O2P/c1-13-14(2)25(33-11-31-20-16(4)27-9-29-23(20)33)39-19(13)8-37-41(6,36)40-22-15(3)18(7-35)38-26(22)34-12-32-21-17(5)28-10-30-24(21)34;1-6-11-9(2)13(21-22(4)5)15(20-11)19-8-18-12-10(3)16-7-17-14(12)19/h9-15,18-19,22,25-26,35H,7-8H2,1-6H3;7-9,11,13,15H,6H2,1-5H3/t13?,14?,15?,18-,19-,22?,25-,26-,41?;9?,11-,13?,15-/m11/s1. The van der Waals surface area contributed by atoms with Gasteiger partial charge >= 0.3 is 7.60 Å². The predicted molar refractivity (Wildman–Crippen MR) is 234 cm³/mol. The zero-order chi connectivity index (χ0) is 44.9. The van der Waals surface area contributed by atoms with Gasteiger partial charge in [0.05, 0.1) is 67.6 Å². The molecule has 7 unspecified atom stereocenters. The number of aliphatic hydroxyl groups is 1. The molecule has 3 fully saturated rings. The first-order valence-corrected chi connectivity index (χ1v) is 25.5. The molecule has 0 aliphatic carbocycles. The van der Waals surface area contributed by atoms with Crippen molar-refractivity contribution in [2.24, 2.45) is 23.7 Å². The van der Waals surface area contributed by atoms with Crippen LogP contribution in [-0.4, -0.2) is 127 Å². The average molecular weight is 909 g/mol. The van der Waals surface area contributed by atoms with Crippen LogP contribution in [0.3, 0.4) is 0 Å². The molecule has 6 aromatic heterocycles. The normalized spacial score (nSPS) is 30.7. The number of fused-ring (bicyclic) bond motifs is 3. The van der Waals surface area contributed by atoms with Crippen molar-refractivity contribution in [2.75, 3.05) is 33.2 Å². The molecule has 0 saturated carbocycles. The third-order valence-electron chi connectivity index (χ3n) is 12.7. The second-order valence-electron chi connectivity index (χ2n) is 17.1. The molecule has 9 heterocycles. The topological polar surface area (TPSA) is 223 Å². The number of rotatable bonds is 12. The Hall–Kier alpha value is -3.97. The van der Waals surface area contributed by atoms with Gasteiger partial charge < -0.3 is 32.9 Å². The summed E-state index contributed by atoms with van der Waals surface area (Å²) in [6, 6.07) is 0. The van der Waals surface area contributed by atoms with Crippen LogP contribution in [0.4, 0.5) is 0 Å². The number of ether oxygens (including phenoxy) is 3. The number of nitrogens with zero attached hydrogens (tertiary/aromatic N) is 12. The number of aliphatic hydroxyl groups excluding tert-OH is 1. The van der Waals surface area contributed by atoms with Crippen molar-refractivity contribution in [3.63, 3.8) is 0 Å². The molecule has 22 heteroatoms. The number of hydrogen-bond acceptors (Lipinski definition) is 17. The molecular weight excluding hydrogens is 850 g/mol. The molecular formula is C41H58N12O8P2. The molecule has 13 atom stereocenters. The van der Waals surface area contributed by atoms with Gasteiger partial charge in [-0.15, -0.1) is 0 Å². The highest BCUT2D eigenvalue weighted by atomic mass is 31.2. The Morgan fingerprint density at radius 1 is 0.635 bits per heavy atom. The third-order valence-corrected chi connectivity index (χ3v) is 14.6. The molecule has 6 aromatic rings. The van der Waals surface area contributed by atoms with Gasteiger partial charge in [-0.1, -0.05) is 34.6 Å². The van der Waals surface area contributed by atoms with Gasteiger partial charge in [-0.05, 0) is 46.4 Å². The van der Waals surface area contributed by atoms with Crippen LogP contribution >= 0.6 is 15.7 Å². The SMILES string of the molecule is CC[C@H]1O[C@@H](n2cnc3c(C)ncnc32)C(OP(C)C)C1C.Cc1ncnc2c1ncn2[C@@H]1O[C@H](COP(C)(=O)OC2C(C)[C@@H](CO)O[C@H]2n2cnc3c(C)ncnc32)C(C)C1C. The Kier molecular flexibility index (Phi) is 13.4. The van der Waals surface area contributed by atoms with Crippen LogP contribution in [-0.2, 0) is 32.3 Å². The van der Waals surface area contributed by atoms with Crippen LogP contribution in [0.25, 0.3) is 33.5 Å². The van der Waals surface area contributed by atoms with Crippen molar-refractivity contribution in [2.45, 2.75) is 111 Å². The molecule has 20 nitrogen and oxygen atoms in total. The summed E-state index contributed by atoms with van der Waals surface area (Å²) in [5.74, 6) is 0.279. The predicted octanol–water partition coefficient (Wildman–Crippen LogP) is 6.32. The van der Waals surface area contributed by atoms with Gasteiger partial charge in [0.25, 0.3) is 0 Å². The molecule has 9 rings (SSSR count). The lowest BCUT2D eigenvalue weighted by molar-refractivity contribution is -0.0505. The minimum absolute atomic E-state index is 0.0266. The third kappa shape index (κ3) is 8.78. The number of aromatic nitrogens is 12. The summed E-state index contributed by atoms with van der Waals surface area (Å²) in [5, 5.41) is 9.95. The smallest absolute Gasteiger partial charge is 0.328 e. The zero-order valence-electron chi connectivity index (χ0n) is 37.6. The molecule has 63 heavy (non-hydrogen) atoms. The summed E-state index contributed by atoms with van der Waals surface area (Å²) in [7, 11) is -4.06. The summed E-state index contributed by atoms with van der Waals surface area (Å²) >= 11 is 0. The van der Waals surface area contributed by atoms with Crippen molar-refractivity contribution in [1.29, 1.82) is 0 Å². The largest absolute Gasteiger partial charge is 0.394 e. The van der Waals surface area contributed by atoms with E-state index in [1.165, 1.54) is 19.3 Å². The summed E-state index contributed by atoms with van der Waals surface area (Å²) in [5.41, 5.74) is 6.69. The van der Waals surface area contributed by atoms with Crippen LogP contribution in [0, 0.1) is 44.4 Å². The first-order chi connectivity index (χ1) is 30.1. The zero-order valence-corrected chi connectivity index (χ0v) is 39.4. The molecule has 340 valence electrons. The van der Waals surface area contributed by atoms with Gasteiger partial charge in [0.15, 0.2) is 29.4 Å². The lowest BCUT2D eigenvalue weighted by atomic mass is 9.93. The highest BCUT2D eigenvalue weighted by molar-refractivity contribution is 7.53. The number of aryl methyl sites for hydroxylation is 3. The van der Waals surface area contributed by atoms with Crippen molar-refractivity contribution < 1.29 is 37.5 Å². The highest BCUT2D eigenvalue weighted by Crippen LogP contribution is 2.52. The monoisotopic (exact) mass is 908 g/mol. The van der Waals surface area contributed by atoms with Gasteiger partial charge in [0.1, 0.15) is 54.0 Å². The van der Waals surface area contributed by atoms with Crippen molar-refractivity contribution >= 4 is 49.2 Å². The first kappa shape index (κ1) is 45.6. The molecule has 3 aliphatic heterocycles. The van der Waals surface area contributed by atoms with E-state index in [0.29, 0.717) is 22.7 Å². The van der Waals surface area contributed by atoms with Crippen molar-refractivity contribution in [3.8, 4) is 0 Å². The fourth-order valence-electron chi connectivity index (χ4n) is 8.83. The van der Waals surface area contributed by atoms with E-state index in [1.807, 2.05) is 36.8 Å². The van der Waals surface area contributed by atoms with Crippen molar-refractivity contribution in [1.82, 2.24) is 58.6 Å². The van der Waals surface area contributed by atoms with Gasteiger partial charge in [-0.3, -0.25) is 18.3 Å². The first-order valence-electron chi connectivity index (χ1n) is 21.4. The Bertz CT molecular complexity index is 2590. The molecule has 0 amide bonds.